The van der Waals surface area contributed by atoms with E-state index in [0.717, 1.165) is 24.2 Å². The zero-order chi connectivity index (χ0) is 23.3. The first-order chi connectivity index (χ1) is 15.8. The maximum Gasteiger partial charge on any atom is 0.276 e. The summed E-state index contributed by atoms with van der Waals surface area (Å²) in [6.07, 6.45) is 1.38. The molecule has 0 saturated carbocycles. The molecule has 170 valence electrons. The minimum Gasteiger partial charge on any atom is -0.307 e. The number of aryl methyl sites for hydroxylation is 1. The summed E-state index contributed by atoms with van der Waals surface area (Å²) in [5.41, 5.74) is 1.75. The third-order valence-corrected chi connectivity index (χ3v) is 6.29. The van der Waals surface area contributed by atoms with Gasteiger partial charge in [-0.05, 0) is 48.2 Å². The Bertz CT molecular complexity index is 1400. The maximum absolute atomic E-state index is 13.9. The molecule has 0 radical (unpaired) electrons. The van der Waals surface area contributed by atoms with Crippen molar-refractivity contribution in [2.24, 2.45) is 5.92 Å². The van der Waals surface area contributed by atoms with Crippen LogP contribution in [-0.4, -0.2) is 37.6 Å². The van der Waals surface area contributed by atoms with E-state index in [2.05, 4.69) is 26.9 Å². The molecule has 2 unspecified atom stereocenters. The summed E-state index contributed by atoms with van der Waals surface area (Å²) in [6.45, 7) is 5.87. The van der Waals surface area contributed by atoms with Gasteiger partial charge < -0.3 is 4.98 Å². The number of fused-ring (bicyclic) bond motifs is 1. The Balaban J connectivity index is 1.49. The van der Waals surface area contributed by atoms with Gasteiger partial charge in [-0.25, -0.2) is 22.7 Å². The molecule has 33 heavy (non-hydrogen) atoms. The van der Waals surface area contributed by atoms with Crippen LogP contribution in [0.25, 0.3) is 16.9 Å². The predicted molar refractivity (Wildman–Crippen MR) is 117 cm³/mol. The van der Waals surface area contributed by atoms with Crippen molar-refractivity contribution < 1.29 is 13.2 Å². The Kier molecular flexibility index (Phi) is 5.28. The molecular formula is C24H22F3N5O. The highest BCUT2D eigenvalue weighted by atomic mass is 19.2. The lowest BCUT2D eigenvalue weighted by atomic mass is 9.97. The fraction of sp³-hybridized carbons (Fsp3) is 0.292. The van der Waals surface area contributed by atoms with Crippen LogP contribution in [0.15, 0.2) is 47.4 Å². The smallest absolute Gasteiger partial charge is 0.276 e. The fourth-order valence-corrected chi connectivity index (χ4v) is 4.55. The van der Waals surface area contributed by atoms with Crippen molar-refractivity contribution in [3.05, 3.63) is 87.4 Å². The van der Waals surface area contributed by atoms with Gasteiger partial charge in [0.05, 0.1) is 6.20 Å². The largest absolute Gasteiger partial charge is 0.307 e. The van der Waals surface area contributed by atoms with Crippen molar-refractivity contribution in [2.45, 2.75) is 26.3 Å². The van der Waals surface area contributed by atoms with E-state index in [1.165, 1.54) is 22.8 Å². The Morgan fingerprint density at radius 3 is 2.58 bits per heavy atom. The number of benzene rings is 2. The number of imidazole rings is 1. The molecular weight excluding hydrogens is 431 g/mol. The van der Waals surface area contributed by atoms with E-state index < -0.39 is 11.6 Å². The van der Waals surface area contributed by atoms with Crippen molar-refractivity contribution >= 4 is 5.52 Å². The molecule has 0 amide bonds. The third-order valence-electron chi connectivity index (χ3n) is 6.29. The van der Waals surface area contributed by atoms with E-state index in [9.17, 15) is 18.0 Å². The highest BCUT2D eigenvalue weighted by Crippen LogP contribution is 2.31. The number of rotatable bonds is 4. The number of nitrogens with zero attached hydrogens (tertiary/aromatic N) is 4. The van der Waals surface area contributed by atoms with E-state index in [0.29, 0.717) is 30.0 Å². The van der Waals surface area contributed by atoms with Gasteiger partial charge in [0, 0.05) is 31.1 Å². The monoisotopic (exact) mass is 453 g/mol. The van der Waals surface area contributed by atoms with E-state index in [1.54, 1.807) is 19.1 Å². The first-order valence-corrected chi connectivity index (χ1v) is 10.7. The molecule has 0 spiro atoms. The highest BCUT2D eigenvalue weighted by molar-refractivity contribution is 5.64. The lowest BCUT2D eigenvalue weighted by molar-refractivity contribution is 0.318. The van der Waals surface area contributed by atoms with Crippen LogP contribution in [0.5, 0.6) is 0 Å². The summed E-state index contributed by atoms with van der Waals surface area (Å²) in [7, 11) is 0. The number of aromatic amines is 1. The highest BCUT2D eigenvalue weighted by Gasteiger charge is 2.33. The lowest BCUT2D eigenvalue weighted by Gasteiger charge is -2.16. The number of halogens is 3. The van der Waals surface area contributed by atoms with Crippen LogP contribution < -0.4 is 5.56 Å². The zero-order valence-electron chi connectivity index (χ0n) is 18.1. The van der Waals surface area contributed by atoms with Crippen LogP contribution in [0.4, 0.5) is 13.2 Å². The number of likely N-dealkylation sites (tertiary alicyclic amines) is 1. The number of H-pyrrole nitrogens is 1. The van der Waals surface area contributed by atoms with Gasteiger partial charge in [0.25, 0.3) is 5.56 Å². The Morgan fingerprint density at radius 2 is 1.82 bits per heavy atom. The Morgan fingerprint density at radius 1 is 1.09 bits per heavy atom. The second-order valence-corrected chi connectivity index (χ2v) is 8.70. The van der Waals surface area contributed by atoms with Crippen LogP contribution in [0.2, 0.25) is 0 Å². The van der Waals surface area contributed by atoms with Gasteiger partial charge in [0.2, 0.25) is 0 Å². The summed E-state index contributed by atoms with van der Waals surface area (Å²) >= 11 is 0. The molecule has 2 aromatic carbocycles. The molecule has 2 aromatic heterocycles. The average molecular weight is 453 g/mol. The summed E-state index contributed by atoms with van der Waals surface area (Å²) in [5.74, 6) is -1.23. The second kappa shape index (κ2) is 8.15. The Labute approximate surface area is 187 Å². The van der Waals surface area contributed by atoms with Gasteiger partial charge in [-0.15, -0.1) is 0 Å². The summed E-state index contributed by atoms with van der Waals surface area (Å²) in [4.78, 5) is 22.2. The van der Waals surface area contributed by atoms with E-state index in [1.807, 2.05) is 0 Å². The third kappa shape index (κ3) is 3.93. The molecule has 1 saturated heterocycles. The molecule has 9 heteroatoms. The quantitative estimate of drug-likeness (QED) is 0.507. The molecule has 3 heterocycles. The van der Waals surface area contributed by atoms with Gasteiger partial charge in [-0.2, -0.15) is 5.10 Å². The molecule has 6 nitrogen and oxygen atoms in total. The lowest BCUT2D eigenvalue weighted by Crippen LogP contribution is -2.23. The van der Waals surface area contributed by atoms with E-state index in [4.69, 9.17) is 0 Å². The molecule has 0 bridgehead atoms. The van der Waals surface area contributed by atoms with Crippen molar-refractivity contribution in [3.8, 4) is 11.4 Å². The van der Waals surface area contributed by atoms with Crippen LogP contribution in [0, 0.1) is 30.3 Å². The minimum absolute atomic E-state index is 0.0381. The molecule has 5 rings (SSSR count). The first kappa shape index (κ1) is 21.4. The Hall–Kier alpha value is -3.46. The summed E-state index contributed by atoms with van der Waals surface area (Å²) in [5, 5.41) is 4.66. The van der Waals surface area contributed by atoms with Gasteiger partial charge in [-0.3, -0.25) is 9.69 Å². The molecule has 4 aromatic rings. The SMILES string of the molecule is Cc1cc(F)c(F)cc1-c1ncc2c(=O)[nH]c(C3CN(Cc4ccc(F)cc4)CC3C)nn12. The molecule has 1 aliphatic heterocycles. The summed E-state index contributed by atoms with van der Waals surface area (Å²) < 4.78 is 42.1. The number of hydrogen-bond acceptors (Lipinski definition) is 4. The van der Waals surface area contributed by atoms with Crippen molar-refractivity contribution in [1.82, 2.24) is 24.5 Å². The first-order valence-electron chi connectivity index (χ1n) is 10.7. The standard InChI is InChI=1S/C24H22F3N5O/c1-13-7-19(26)20(27)8-17(13)23-28-9-21-24(33)29-22(30-32(21)23)18-12-31(10-14(18)2)11-15-3-5-16(25)6-4-15/h3-9,14,18H,10-12H2,1-2H3,(H,29,30,33). The van der Waals surface area contributed by atoms with Gasteiger partial charge in [-0.1, -0.05) is 19.1 Å². The van der Waals surface area contributed by atoms with Crippen LogP contribution in [-0.2, 0) is 6.54 Å². The number of nitrogens with one attached hydrogen (secondary N) is 1. The summed E-state index contributed by atoms with van der Waals surface area (Å²) in [6, 6.07) is 8.60. The fourth-order valence-electron chi connectivity index (χ4n) is 4.55. The van der Waals surface area contributed by atoms with Crippen molar-refractivity contribution in [1.29, 1.82) is 0 Å². The van der Waals surface area contributed by atoms with Gasteiger partial charge in [0.1, 0.15) is 11.6 Å². The molecule has 0 aliphatic carbocycles. The molecule has 1 aliphatic rings. The predicted octanol–water partition coefficient (Wildman–Crippen LogP) is 4.05. The van der Waals surface area contributed by atoms with Crippen LogP contribution in [0.3, 0.4) is 0 Å². The second-order valence-electron chi connectivity index (χ2n) is 8.70. The zero-order valence-corrected chi connectivity index (χ0v) is 18.1. The van der Waals surface area contributed by atoms with E-state index in [-0.39, 0.29) is 34.6 Å². The average Bonchev–Trinajstić information content (AvgIpc) is 3.36. The number of hydrogen-bond donors (Lipinski definition) is 1. The minimum atomic E-state index is -0.988. The molecule has 1 N–H and O–H groups in total. The van der Waals surface area contributed by atoms with Crippen LogP contribution in [0.1, 0.15) is 29.8 Å². The van der Waals surface area contributed by atoms with E-state index >= 15 is 0 Å². The molecule has 2 atom stereocenters. The normalized spacial score (nSPS) is 18.9. The van der Waals surface area contributed by atoms with Crippen molar-refractivity contribution in [2.75, 3.05) is 13.1 Å². The van der Waals surface area contributed by atoms with Crippen molar-refractivity contribution in [3.63, 3.8) is 0 Å². The molecule has 1 fully saturated rings. The van der Waals surface area contributed by atoms with Crippen LogP contribution >= 0.6 is 0 Å². The van der Waals surface area contributed by atoms with Gasteiger partial charge in [0.15, 0.2) is 23.0 Å². The number of aromatic nitrogens is 4. The van der Waals surface area contributed by atoms with Gasteiger partial charge >= 0.3 is 0 Å². The maximum atomic E-state index is 13.9. The topological polar surface area (TPSA) is 66.3 Å².